The Morgan fingerprint density at radius 3 is 1.97 bits per heavy atom. The van der Waals surface area contributed by atoms with Crippen LogP contribution in [0.1, 0.15) is 158 Å². The second-order valence-corrected chi connectivity index (χ2v) is 31.0. The van der Waals surface area contributed by atoms with Crippen LogP contribution in [0, 0.1) is 11.8 Å². The van der Waals surface area contributed by atoms with E-state index < -0.39 is 115 Å². The van der Waals surface area contributed by atoms with Crippen LogP contribution in [0.3, 0.4) is 0 Å². The Bertz CT molecular complexity index is 3570. The van der Waals surface area contributed by atoms with Gasteiger partial charge in [0.1, 0.15) is 48.4 Å². The first-order valence-electron chi connectivity index (χ1n) is 32.2. The summed E-state index contributed by atoms with van der Waals surface area (Å²) in [5.74, 6) is -6.24. The minimum atomic E-state index is -5.80. The highest BCUT2D eigenvalue weighted by Crippen LogP contribution is 2.66. The van der Waals surface area contributed by atoms with Crippen LogP contribution < -0.4 is 27.4 Å². The standard InChI is InChI=1S/C46H60N5O22P3S2.C16H27NO6S/c47-43-28(24-51(45(60)50-43)41-23-38(54)39(71-41)26-70-75(65,66)73-76(67,68)72-74(62,63)64)11-5-6-12-29(52)21-22-77-78-27-36(37(53)17-3-1-2-4-18-40(55)48-35(44(58)59)19-20-42(56)57)49-46(61)69-25-34-32-15-9-7-13-30(32)31-14-8-10-16-33(31)34;1-11(10-24)15(21)17-8-4-2-3-5-13(18)9-12(16(22)23)6-7-14(19)20/h5,7-11,13-16,24,34-36,38-39,41,54H,1-4,6,12,17-23,25-27H2,(H,48,55)(H,49,61)(H,56,57)(H,58,59)(H,65,66)(H,67,68)(H2,47,50,60)(H2,62,63,64);11-12,24H,2-10H2,1H3,(H,17,21)(H,19,20)(H,22,23)/t35?,36?,38?,39-,41-;/m1./s1. The first-order chi connectivity index (χ1) is 48.1. The Morgan fingerprint density at radius 2 is 1.35 bits per heavy atom. The molecule has 14 N–H and O–H groups in total. The Labute approximate surface area is 599 Å². The molecule has 2 aromatic carbocycles. The van der Waals surface area contributed by atoms with Crippen molar-refractivity contribution < 1.29 is 129 Å². The number of nitrogens with two attached hydrogens (primary N) is 1. The number of aliphatic hydroxyl groups is 1. The number of phosphoric ester groups is 1. The number of aliphatic carboxylic acids is 4. The Kier molecular flexibility index (Phi) is 38.0. The van der Waals surface area contributed by atoms with E-state index in [4.69, 9.17) is 40.3 Å². The maximum absolute atomic E-state index is 13.6. The summed E-state index contributed by atoms with van der Waals surface area (Å²) in [4.78, 5) is 172. The first-order valence-corrected chi connectivity index (χ1v) is 39.9. The Balaban J connectivity index is 0.000000779. The fourth-order valence-corrected chi connectivity index (χ4v) is 15.7. The number of hydrogen-bond acceptors (Lipinski definition) is 25. The number of amides is 3. The van der Waals surface area contributed by atoms with Crippen molar-refractivity contribution >= 4 is 129 Å². The number of allylic oxidation sites excluding steroid dienone is 1. The number of fused-ring (bicyclic) bond motifs is 3. The average molecular weight is 1550 g/mol. The fourth-order valence-electron chi connectivity index (χ4n) is 10.2. The molecule has 1 aliphatic carbocycles. The Hall–Kier alpha value is -6.66. The number of carbonyl (C=O) groups is 10. The van der Waals surface area contributed by atoms with E-state index in [1.165, 1.54) is 33.9 Å². The molecule has 2 aliphatic rings. The van der Waals surface area contributed by atoms with Gasteiger partial charge in [-0.25, -0.2) is 28.1 Å². The number of phosphoric acid groups is 3. The van der Waals surface area contributed by atoms with Gasteiger partial charge in [0, 0.05) is 105 Å². The predicted molar refractivity (Wildman–Crippen MR) is 373 cm³/mol. The van der Waals surface area contributed by atoms with Gasteiger partial charge in [-0.05, 0) is 67.2 Å². The second kappa shape index (κ2) is 44.2. The lowest BCUT2D eigenvalue weighted by molar-refractivity contribution is -0.145. The lowest BCUT2D eigenvalue weighted by Crippen LogP contribution is -2.43. The number of alkyl carbamates (subject to hydrolysis) is 1. The normalized spacial score (nSPS) is 17.2. The fraction of sp³-hybridized carbons (Fsp3) is 0.548. The van der Waals surface area contributed by atoms with Crippen molar-refractivity contribution in [2.75, 3.05) is 42.8 Å². The van der Waals surface area contributed by atoms with Crippen LogP contribution in [-0.4, -0.2) is 175 Å². The minimum Gasteiger partial charge on any atom is -0.481 e. The van der Waals surface area contributed by atoms with Crippen LogP contribution in [0.2, 0.25) is 0 Å². The smallest absolute Gasteiger partial charge is 0.481 e. The number of benzene rings is 2. The van der Waals surface area contributed by atoms with Gasteiger partial charge in [-0.1, -0.05) is 108 Å². The molecule has 3 amide bonds. The molecule has 40 heteroatoms. The molecule has 0 radical (unpaired) electrons. The lowest BCUT2D eigenvalue weighted by Gasteiger charge is -2.19. The number of nitrogen functional groups attached to an aromatic ring is 1. The Morgan fingerprint density at radius 1 is 0.735 bits per heavy atom. The van der Waals surface area contributed by atoms with Crippen molar-refractivity contribution in [1.29, 1.82) is 0 Å². The average Bonchev–Trinajstić information content (AvgIpc) is 1.62. The number of carboxylic acids is 4. The number of rotatable bonds is 48. The predicted octanol–water partition coefficient (Wildman–Crippen LogP) is 6.96. The first kappa shape index (κ1) is 87.7. The van der Waals surface area contributed by atoms with Crippen molar-refractivity contribution in [3.63, 3.8) is 0 Å². The van der Waals surface area contributed by atoms with Crippen LogP contribution in [0.15, 0.2) is 65.6 Å². The molecule has 0 bridgehead atoms. The SMILES string of the molecule is CC(CS)C(=O)NCCCCCC(=O)CC(CCC(=O)O)C(=O)O.Nc1nc(=O)n([C@H]2CC(O)[C@@H](COP(=O)(O)OP(=O)(O)OP(=O)(O)O)O2)cc1C=CCCC(=O)CCSSCC(NC(=O)OCC1c2ccccc2-c2ccccc21)C(=O)CCCCCCC(=O)NC(CCC(=O)O)C(=O)O. The molecule has 2 heterocycles. The third kappa shape index (κ3) is 33.0. The van der Waals surface area contributed by atoms with E-state index in [1.54, 1.807) is 13.0 Å². The summed E-state index contributed by atoms with van der Waals surface area (Å²) in [6, 6.07) is 13.4. The van der Waals surface area contributed by atoms with E-state index in [9.17, 15) is 86.4 Å². The zero-order chi connectivity index (χ0) is 75.7. The summed E-state index contributed by atoms with van der Waals surface area (Å²) in [6.45, 7) is 1.40. The van der Waals surface area contributed by atoms with Gasteiger partial charge in [-0.3, -0.25) is 47.4 Å². The molecule has 1 aliphatic heterocycles. The highest BCUT2D eigenvalue weighted by Gasteiger charge is 2.43. The third-order valence-corrected chi connectivity index (χ3v) is 22.3. The van der Waals surface area contributed by atoms with Gasteiger partial charge in [0.25, 0.3) is 0 Å². The molecule has 34 nitrogen and oxygen atoms in total. The number of carboxylic acid groups (broad SMARTS) is 4. The molecule has 7 unspecified atom stereocenters. The lowest BCUT2D eigenvalue weighted by atomic mass is 9.95. The highest BCUT2D eigenvalue weighted by molar-refractivity contribution is 8.76. The van der Waals surface area contributed by atoms with Crippen molar-refractivity contribution in [3.05, 3.63) is 88.0 Å². The van der Waals surface area contributed by atoms with Crippen LogP contribution >= 0.6 is 57.7 Å². The zero-order valence-corrected chi connectivity index (χ0v) is 60.7. The molecule has 566 valence electrons. The van der Waals surface area contributed by atoms with E-state index in [0.717, 1.165) is 39.7 Å². The molecular weight excluding hydrogens is 1470 g/mol. The summed E-state index contributed by atoms with van der Waals surface area (Å²) < 4.78 is 58.8. The molecule has 1 aromatic heterocycles. The number of hydrogen-bond donors (Lipinski definition) is 14. The minimum absolute atomic E-state index is 0.0107. The van der Waals surface area contributed by atoms with Crippen LogP contribution in [0.5, 0.6) is 0 Å². The number of aliphatic hydroxyl groups excluding tert-OH is 1. The molecular formula is C62H87N6O28P3S3. The second-order valence-electron chi connectivity index (χ2n) is 23.6. The molecule has 0 saturated carbocycles. The molecule has 1 fully saturated rings. The summed E-state index contributed by atoms with van der Waals surface area (Å²) in [6.07, 6.45) is 3.15. The summed E-state index contributed by atoms with van der Waals surface area (Å²) in [5, 5.41) is 54.1. The zero-order valence-electron chi connectivity index (χ0n) is 55.5. The van der Waals surface area contributed by atoms with Crippen molar-refractivity contribution in [3.8, 4) is 11.1 Å². The number of ether oxygens (including phenoxy) is 2. The van der Waals surface area contributed by atoms with Gasteiger partial charge in [0.2, 0.25) is 11.8 Å². The van der Waals surface area contributed by atoms with Gasteiger partial charge in [-0.2, -0.15) is 26.2 Å². The maximum Gasteiger partial charge on any atom is 0.490 e. The van der Waals surface area contributed by atoms with Crippen molar-refractivity contribution in [1.82, 2.24) is 25.5 Å². The van der Waals surface area contributed by atoms with Gasteiger partial charge in [0.15, 0.2) is 5.78 Å². The van der Waals surface area contributed by atoms with Gasteiger partial charge < -0.3 is 76.3 Å². The van der Waals surface area contributed by atoms with Crippen molar-refractivity contribution in [2.24, 2.45) is 11.8 Å². The van der Waals surface area contributed by atoms with Gasteiger partial charge in [0.05, 0.1) is 18.6 Å². The van der Waals surface area contributed by atoms with Crippen LogP contribution in [0.4, 0.5) is 10.6 Å². The summed E-state index contributed by atoms with van der Waals surface area (Å²) in [5.41, 5.74) is 9.41. The number of carbonyl (C=O) groups excluding carboxylic acids is 6. The van der Waals surface area contributed by atoms with Crippen molar-refractivity contribution in [2.45, 2.75) is 165 Å². The summed E-state index contributed by atoms with van der Waals surface area (Å²) >= 11 is 4.05. The molecule has 3 aromatic rings. The number of Topliss-reactive ketones (excluding diaryl/α,β-unsaturated/α-hetero) is 3. The largest absolute Gasteiger partial charge is 0.490 e. The number of nitrogens with zero attached hydrogens (tertiary/aromatic N) is 2. The van der Waals surface area contributed by atoms with E-state index in [-0.39, 0.29) is 129 Å². The molecule has 1 saturated heterocycles. The van der Waals surface area contributed by atoms with E-state index >= 15 is 0 Å². The molecule has 9 atom stereocenters. The topological polar surface area (TPSA) is 547 Å². The molecule has 102 heavy (non-hydrogen) atoms. The molecule has 0 spiro atoms. The third-order valence-electron chi connectivity index (χ3n) is 15.6. The molecule has 5 rings (SSSR count). The van der Waals surface area contributed by atoms with E-state index in [0.29, 0.717) is 50.2 Å². The van der Waals surface area contributed by atoms with Crippen LogP contribution in [-0.2, 0) is 79.5 Å². The number of aromatic nitrogens is 2. The van der Waals surface area contributed by atoms with E-state index in [2.05, 4.69) is 46.7 Å². The summed E-state index contributed by atoms with van der Waals surface area (Å²) in [7, 11) is -14.3. The highest BCUT2D eigenvalue weighted by atomic mass is 33.1. The maximum atomic E-state index is 13.6. The number of unbranched alkanes of at least 4 members (excludes halogenated alkanes) is 5. The number of ketones is 3. The van der Waals surface area contributed by atoms with Gasteiger partial charge in [-0.15, -0.1) is 0 Å². The monoisotopic (exact) mass is 1550 g/mol. The number of anilines is 1. The van der Waals surface area contributed by atoms with E-state index in [1.807, 2.05) is 48.5 Å². The van der Waals surface area contributed by atoms with Crippen LogP contribution in [0.25, 0.3) is 17.2 Å². The van der Waals surface area contributed by atoms with Gasteiger partial charge >= 0.3 is 59.1 Å². The quantitative estimate of drug-likeness (QED) is 0.0118. The number of thiol groups is 1. The number of nitrogens with one attached hydrogen (secondary N) is 3.